The van der Waals surface area contributed by atoms with Crippen LogP contribution in [0.15, 0.2) is 0 Å². The Labute approximate surface area is 139 Å². The first-order valence-corrected chi connectivity index (χ1v) is 7.52. The molecular formula is C16H29NY-2. The average molecular weight is 324 g/mol. The molecule has 18 heavy (non-hydrogen) atoms. The van der Waals surface area contributed by atoms with Gasteiger partial charge in [-0.05, 0) is 13.8 Å². The van der Waals surface area contributed by atoms with Gasteiger partial charge in [-0.15, -0.1) is 0 Å². The van der Waals surface area contributed by atoms with E-state index in [2.05, 4.69) is 39.4 Å². The van der Waals surface area contributed by atoms with Crippen LogP contribution in [0.4, 0.5) is 0 Å². The number of hydrogen-bond donors (Lipinski definition) is 1. The quantitative estimate of drug-likeness (QED) is 0.761. The molecule has 1 saturated carbocycles. The molecule has 0 aromatic rings. The van der Waals surface area contributed by atoms with Crippen LogP contribution in [0.2, 0.25) is 0 Å². The molecule has 0 aromatic carbocycles. The average Bonchev–Trinajstić information content (AvgIpc) is 2.28. The van der Waals surface area contributed by atoms with Gasteiger partial charge < -0.3 is 18.7 Å². The molecule has 1 aliphatic heterocycles. The second kappa shape index (κ2) is 7.74. The SMILES string of the molecule is [CH2-]C1CCCCC1[CH-]C1CC(C)NC(C)C1C.[Y]. The third-order valence-electron chi connectivity index (χ3n) is 5.10. The summed E-state index contributed by atoms with van der Waals surface area (Å²) >= 11 is 0. The molecule has 2 aliphatic rings. The number of rotatable bonds is 2. The maximum absolute atomic E-state index is 4.36. The van der Waals surface area contributed by atoms with E-state index < -0.39 is 0 Å². The maximum atomic E-state index is 4.36. The van der Waals surface area contributed by atoms with Gasteiger partial charge in [0, 0.05) is 44.8 Å². The fourth-order valence-electron chi connectivity index (χ4n) is 3.72. The molecule has 0 spiro atoms. The molecule has 0 aromatic heterocycles. The summed E-state index contributed by atoms with van der Waals surface area (Å²) in [5.41, 5.74) is 0. The second-order valence-electron chi connectivity index (χ2n) is 6.52. The van der Waals surface area contributed by atoms with E-state index in [0.717, 1.165) is 17.8 Å². The van der Waals surface area contributed by atoms with Crippen molar-refractivity contribution >= 4 is 0 Å². The third-order valence-corrected chi connectivity index (χ3v) is 5.10. The van der Waals surface area contributed by atoms with Gasteiger partial charge in [-0.25, -0.2) is 0 Å². The van der Waals surface area contributed by atoms with Crippen LogP contribution in [0.25, 0.3) is 0 Å². The molecule has 1 aliphatic carbocycles. The van der Waals surface area contributed by atoms with Crippen molar-refractivity contribution in [1.82, 2.24) is 5.32 Å². The number of hydrogen-bond acceptors (Lipinski definition) is 1. The van der Waals surface area contributed by atoms with Gasteiger partial charge in [0.05, 0.1) is 0 Å². The monoisotopic (exact) mass is 324 g/mol. The Morgan fingerprint density at radius 3 is 2.39 bits per heavy atom. The van der Waals surface area contributed by atoms with Gasteiger partial charge in [0.1, 0.15) is 0 Å². The Kier molecular flexibility index (Phi) is 7.36. The van der Waals surface area contributed by atoms with Crippen LogP contribution >= 0.6 is 0 Å². The van der Waals surface area contributed by atoms with E-state index in [1.165, 1.54) is 32.1 Å². The van der Waals surface area contributed by atoms with Crippen LogP contribution in [0.3, 0.4) is 0 Å². The van der Waals surface area contributed by atoms with Crippen molar-refractivity contribution in [2.45, 2.75) is 65.0 Å². The summed E-state index contributed by atoms with van der Waals surface area (Å²) in [7, 11) is 0. The molecule has 6 atom stereocenters. The second-order valence-corrected chi connectivity index (χ2v) is 6.52. The smallest absolute Gasteiger partial charge is 0.00449 e. The van der Waals surface area contributed by atoms with Crippen LogP contribution in [0, 0.1) is 37.0 Å². The van der Waals surface area contributed by atoms with Crippen LogP contribution < -0.4 is 5.32 Å². The van der Waals surface area contributed by atoms with Gasteiger partial charge in [-0.1, -0.05) is 44.9 Å². The Balaban J connectivity index is 0.00000162. The topological polar surface area (TPSA) is 12.0 Å². The van der Waals surface area contributed by atoms with Gasteiger partial charge in [-0.3, -0.25) is 0 Å². The minimum absolute atomic E-state index is 0. The van der Waals surface area contributed by atoms with Crippen LogP contribution in [0.1, 0.15) is 52.9 Å². The predicted octanol–water partition coefficient (Wildman–Crippen LogP) is 3.85. The molecule has 1 nitrogen and oxygen atoms in total. The zero-order valence-electron chi connectivity index (χ0n) is 12.4. The van der Waals surface area contributed by atoms with E-state index in [0.29, 0.717) is 18.0 Å². The number of nitrogens with one attached hydrogen (secondary N) is 1. The molecule has 1 heterocycles. The van der Waals surface area contributed by atoms with E-state index in [1.807, 2.05) is 0 Å². The molecule has 0 bridgehead atoms. The molecule has 103 valence electrons. The summed E-state index contributed by atoms with van der Waals surface area (Å²) in [4.78, 5) is 0. The first-order valence-electron chi connectivity index (χ1n) is 7.52. The van der Waals surface area contributed by atoms with Crippen molar-refractivity contribution in [3.63, 3.8) is 0 Å². The van der Waals surface area contributed by atoms with Crippen molar-refractivity contribution in [2.75, 3.05) is 0 Å². The van der Waals surface area contributed by atoms with Crippen molar-refractivity contribution in [3.05, 3.63) is 13.3 Å². The van der Waals surface area contributed by atoms with Crippen molar-refractivity contribution < 1.29 is 32.7 Å². The van der Waals surface area contributed by atoms with Gasteiger partial charge in [0.15, 0.2) is 0 Å². The van der Waals surface area contributed by atoms with Crippen LogP contribution in [-0.4, -0.2) is 12.1 Å². The van der Waals surface area contributed by atoms with E-state index in [4.69, 9.17) is 0 Å². The normalized spacial score (nSPS) is 45.3. The van der Waals surface area contributed by atoms with Crippen molar-refractivity contribution in [1.29, 1.82) is 0 Å². The minimum Gasteiger partial charge on any atom is -0.342 e. The molecule has 2 heteroatoms. The Morgan fingerprint density at radius 2 is 1.72 bits per heavy atom. The summed E-state index contributed by atoms with van der Waals surface area (Å²) < 4.78 is 0. The summed E-state index contributed by atoms with van der Waals surface area (Å²) in [5.74, 6) is 3.04. The predicted molar refractivity (Wildman–Crippen MR) is 74.4 cm³/mol. The first kappa shape index (κ1) is 17.1. The van der Waals surface area contributed by atoms with Crippen molar-refractivity contribution in [2.24, 2.45) is 23.7 Å². The summed E-state index contributed by atoms with van der Waals surface area (Å²) in [6.07, 6.45) is 9.52. The van der Waals surface area contributed by atoms with E-state index in [-0.39, 0.29) is 32.7 Å². The Hall–Kier alpha value is 1.06. The Bertz CT molecular complexity index is 243. The number of piperidine rings is 1. The first-order chi connectivity index (χ1) is 8.08. The summed E-state index contributed by atoms with van der Waals surface area (Å²) in [6.45, 7) is 11.4. The minimum atomic E-state index is 0. The van der Waals surface area contributed by atoms with Gasteiger partial charge in [0.2, 0.25) is 0 Å². The zero-order chi connectivity index (χ0) is 12.4. The van der Waals surface area contributed by atoms with Crippen LogP contribution in [-0.2, 0) is 32.7 Å². The van der Waals surface area contributed by atoms with E-state index in [1.54, 1.807) is 0 Å². The zero-order valence-corrected chi connectivity index (χ0v) is 15.2. The molecule has 0 amide bonds. The largest absolute Gasteiger partial charge is 0.342 e. The molecule has 2 fully saturated rings. The molecule has 1 N–H and O–H groups in total. The van der Waals surface area contributed by atoms with Crippen molar-refractivity contribution in [3.8, 4) is 0 Å². The summed E-state index contributed by atoms with van der Waals surface area (Å²) in [5, 5.41) is 3.67. The van der Waals surface area contributed by atoms with Gasteiger partial charge >= 0.3 is 0 Å². The standard InChI is InChI=1S/C16H29N.Y/c1-11-7-5-6-8-15(11)10-16-9-12(2)17-14(4)13(16)3;/h10-17H,1,5-9H2,2-4H3;/q-2;. The Morgan fingerprint density at radius 1 is 1.06 bits per heavy atom. The van der Waals surface area contributed by atoms with E-state index >= 15 is 0 Å². The summed E-state index contributed by atoms with van der Waals surface area (Å²) in [6, 6.07) is 1.33. The van der Waals surface area contributed by atoms with Crippen LogP contribution in [0.5, 0.6) is 0 Å². The molecular weight excluding hydrogens is 295 g/mol. The molecule has 6 unspecified atom stereocenters. The van der Waals surface area contributed by atoms with Gasteiger partial charge in [-0.2, -0.15) is 17.8 Å². The fourth-order valence-corrected chi connectivity index (χ4v) is 3.72. The molecule has 2 rings (SSSR count). The molecule has 1 radical (unpaired) electrons. The van der Waals surface area contributed by atoms with Gasteiger partial charge in [0.25, 0.3) is 0 Å². The molecule has 1 saturated heterocycles. The maximum Gasteiger partial charge on any atom is 0.00449 e. The van der Waals surface area contributed by atoms with E-state index in [9.17, 15) is 0 Å². The third kappa shape index (κ3) is 4.28. The fraction of sp³-hybridized carbons (Fsp3) is 0.875.